The molecule has 0 unspecified atom stereocenters. The molecule has 8 heteroatoms. The van der Waals surface area contributed by atoms with Crippen LogP contribution in [-0.2, 0) is 6.54 Å². The van der Waals surface area contributed by atoms with E-state index in [1.54, 1.807) is 35.5 Å². The van der Waals surface area contributed by atoms with E-state index in [1.165, 1.54) is 11.3 Å². The SMILES string of the molecule is O=C(c1cc(Cl)cc(Cl)c1)N(Cc1cccnc1)c1nc2ccc(Br)cc2s1. The van der Waals surface area contributed by atoms with E-state index in [4.69, 9.17) is 23.2 Å². The van der Waals surface area contributed by atoms with Gasteiger partial charge in [-0.15, -0.1) is 0 Å². The molecule has 0 saturated carbocycles. The molecule has 140 valence electrons. The lowest BCUT2D eigenvalue weighted by Gasteiger charge is -2.20. The van der Waals surface area contributed by atoms with Crippen LogP contribution in [0.1, 0.15) is 15.9 Å². The molecule has 4 nitrogen and oxygen atoms in total. The summed E-state index contributed by atoms with van der Waals surface area (Å²) in [5.41, 5.74) is 2.13. The average Bonchev–Trinajstić information content (AvgIpc) is 3.08. The van der Waals surface area contributed by atoms with Crippen molar-refractivity contribution in [2.75, 3.05) is 4.90 Å². The summed E-state index contributed by atoms with van der Waals surface area (Å²) in [6.45, 7) is 0.331. The van der Waals surface area contributed by atoms with Gasteiger partial charge in [-0.25, -0.2) is 4.98 Å². The second-order valence-corrected chi connectivity index (χ2v) is 8.82. The number of aromatic nitrogens is 2. The van der Waals surface area contributed by atoms with E-state index < -0.39 is 0 Å². The molecular formula is C20H12BrCl2N3OS. The Morgan fingerprint density at radius 2 is 1.89 bits per heavy atom. The van der Waals surface area contributed by atoms with Gasteiger partial charge in [-0.1, -0.05) is 56.5 Å². The van der Waals surface area contributed by atoms with Crippen molar-refractivity contribution >= 4 is 71.7 Å². The number of carbonyl (C=O) groups excluding carboxylic acids is 1. The third kappa shape index (κ3) is 4.20. The first-order chi connectivity index (χ1) is 13.5. The van der Waals surface area contributed by atoms with Crippen LogP contribution in [0, 0.1) is 0 Å². The van der Waals surface area contributed by atoms with Gasteiger partial charge in [0.05, 0.1) is 16.8 Å². The Morgan fingerprint density at radius 3 is 2.61 bits per heavy atom. The Morgan fingerprint density at radius 1 is 1.11 bits per heavy atom. The van der Waals surface area contributed by atoms with Crippen molar-refractivity contribution in [3.63, 3.8) is 0 Å². The lowest BCUT2D eigenvalue weighted by molar-refractivity contribution is 0.0985. The maximum absolute atomic E-state index is 13.3. The fourth-order valence-electron chi connectivity index (χ4n) is 2.74. The van der Waals surface area contributed by atoms with Crippen LogP contribution in [-0.4, -0.2) is 15.9 Å². The molecule has 0 fully saturated rings. The fourth-order valence-corrected chi connectivity index (χ4v) is 4.78. The summed E-state index contributed by atoms with van der Waals surface area (Å²) < 4.78 is 1.94. The van der Waals surface area contributed by atoms with Crippen LogP contribution >= 0.6 is 50.5 Å². The zero-order valence-corrected chi connectivity index (χ0v) is 18.2. The largest absolute Gasteiger partial charge is 0.279 e. The summed E-state index contributed by atoms with van der Waals surface area (Å²) in [5, 5.41) is 1.41. The van der Waals surface area contributed by atoms with Gasteiger partial charge in [0.1, 0.15) is 0 Å². The van der Waals surface area contributed by atoms with E-state index in [9.17, 15) is 4.79 Å². The minimum Gasteiger partial charge on any atom is -0.279 e. The number of pyridine rings is 1. The van der Waals surface area contributed by atoms with Crippen molar-refractivity contribution in [1.29, 1.82) is 0 Å². The Bertz CT molecular complexity index is 1150. The minimum atomic E-state index is -0.230. The van der Waals surface area contributed by atoms with Crippen LogP contribution in [0.4, 0.5) is 5.13 Å². The molecule has 0 aliphatic carbocycles. The van der Waals surface area contributed by atoms with Gasteiger partial charge in [0, 0.05) is 32.5 Å². The topological polar surface area (TPSA) is 46.1 Å². The average molecular weight is 493 g/mol. The Labute approximate surface area is 183 Å². The van der Waals surface area contributed by atoms with E-state index in [1.807, 2.05) is 30.3 Å². The second kappa shape index (κ2) is 8.17. The van der Waals surface area contributed by atoms with Crippen LogP contribution in [0.2, 0.25) is 10.0 Å². The lowest BCUT2D eigenvalue weighted by atomic mass is 10.2. The van der Waals surface area contributed by atoms with Gasteiger partial charge in [-0.05, 0) is 48.0 Å². The zero-order chi connectivity index (χ0) is 19.7. The molecular weight excluding hydrogens is 481 g/mol. The standard InChI is InChI=1S/C20H12BrCl2N3OS/c21-14-3-4-17-18(8-14)28-20(25-17)26(11-12-2-1-5-24-10-12)19(27)13-6-15(22)9-16(23)7-13/h1-10H,11H2. The number of fused-ring (bicyclic) bond motifs is 1. The summed E-state index contributed by atoms with van der Waals surface area (Å²) in [6, 6.07) is 14.4. The van der Waals surface area contributed by atoms with Crippen LogP contribution in [0.5, 0.6) is 0 Å². The van der Waals surface area contributed by atoms with E-state index in [2.05, 4.69) is 25.9 Å². The molecule has 0 bridgehead atoms. The highest BCUT2D eigenvalue weighted by atomic mass is 79.9. The third-order valence-electron chi connectivity index (χ3n) is 3.99. The molecule has 2 heterocycles. The highest BCUT2D eigenvalue weighted by Crippen LogP contribution is 2.33. The van der Waals surface area contributed by atoms with Crippen molar-refractivity contribution in [1.82, 2.24) is 9.97 Å². The number of halogens is 3. The van der Waals surface area contributed by atoms with Crippen molar-refractivity contribution in [3.8, 4) is 0 Å². The van der Waals surface area contributed by atoms with Crippen LogP contribution < -0.4 is 4.90 Å². The normalized spacial score (nSPS) is 11.0. The maximum atomic E-state index is 13.3. The number of hydrogen-bond donors (Lipinski definition) is 0. The highest BCUT2D eigenvalue weighted by Gasteiger charge is 2.22. The molecule has 4 rings (SSSR count). The first kappa shape index (κ1) is 19.3. The van der Waals surface area contributed by atoms with Crippen molar-refractivity contribution in [3.05, 3.63) is 86.6 Å². The van der Waals surface area contributed by atoms with Gasteiger partial charge >= 0.3 is 0 Å². The Kier molecular flexibility index (Phi) is 5.64. The van der Waals surface area contributed by atoms with Gasteiger partial charge in [-0.3, -0.25) is 14.7 Å². The molecule has 28 heavy (non-hydrogen) atoms. The number of benzene rings is 2. The molecule has 0 radical (unpaired) electrons. The number of hydrogen-bond acceptors (Lipinski definition) is 4. The number of rotatable bonds is 4. The molecule has 1 amide bonds. The third-order valence-corrected chi connectivity index (χ3v) is 5.96. The predicted molar refractivity (Wildman–Crippen MR) is 119 cm³/mol. The monoisotopic (exact) mass is 491 g/mol. The van der Waals surface area contributed by atoms with E-state index in [0.717, 1.165) is 20.3 Å². The number of amides is 1. The molecule has 0 saturated heterocycles. The lowest BCUT2D eigenvalue weighted by Crippen LogP contribution is -2.30. The van der Waals surface area contributed by atoms with Crippen molar-refractivity contribution in [2.45, 2.75) is 6.54 Å². The quantitative estimate of drug-likeness (QED) is 0.322. The predicted octanol–water partition coefficient (Wildman–Crippen LogP) is 6.61. The van der Waals surface area contributed by atoms with Crippen LogP contribution in [0.15, 0.2) is 65.4 Å². The second-order valence-electron chi connectivity index (χ2n) is 6.02. The Balaban J connectivity index is 1.79. The fraction of sp³-hybridized carbons (Fsp3) is 0.0500. The molecule has 0 aliphatic heterocycles. The van der Waals surface area contributed by atoms with E-state index in [-0.39, 0.29) is 5.91 Å². The summed E-state index contributed by atoms with van der Waals surface area (Å²) in [4.78, 5) is 23.8. The summed E-state index contributed by atoms with van der Waals surface area (Å²) in [5.74, 6) is -0.230. The van der Waals surface area contributed by atoms with Crippen molar-refractivity contribution < 1.29 is 4.79 Å². The number of thiazole rings is 1. The van der Waals surface area contributed by atoms with Gasteiger partial charge in [-0.2, -0.15) is 0 Å². The van der Waals surface area contributed by atoms with E-state index in [0.29, 0.717) is 27.3 Å². The molecule has 4 aromatic rings. The smallest absolute Gasteiger partial charge is 0.260 e. The summed E-state index contributed by atoms with van der Waals surface area (Å²) in [6.07, 6.45) is 3.43. The zero-order valence-electron chi connectivity index (χ0n) is 14.3. The van der Waals surface area contributed by atoms with Gasteiger partial charge in [0.2, 0.25) is 0 Å². The van der Waals surface area contributed by atoms with Crippen molar-refractivity contribution in [2.24, 2.45) is 0 Å². The molecule has 0 spiro atoms. The maximum Gasteiger partial charge on any atom is 0.260 e. The van der Waals surface area contributed by atoms with Crippen LogP contribution in [0.25, 0.3) is 10.2 Å². The number of anilines is 1. The number of carbonyl (C=O) groups is 1. The van der Waals surface area contributed by atoms with Crippen LogP contribution in [0.3, 0.4) is 0 Å². The summed E-state index contributed by atoms with van der Waals surface area (Å²) >= 11 is 17.1. The first-order valence-corrected chi connectivity index (χ1v) is 10.6. The molecule has 0 N–H and O–H groups in total. The number of nitrogens with zero attached hydrogens (tertiary/aromatic N) is 3. The molecule has 0 atom stereocenters. The molecule has 2 aromatic carbocycles. The van der Waals surface area contributed by atoms with Gasteiger partial charge in [0.15, 0.2) is 5.13 Å². The first-order valence-electron chi connectivity index (χ1n) is 8.22. The molecule has 2 aromatic heterocycles. The van der Waals surface area contributed by atoms with Gasteiger partial charge in [0.25, 0.3) is 5.91 Å². The minimum absolute atomic E-state index is 0.230. The van der Waals surface area contributed by atoms with Gasteiger partial charge < -0.3 is 0 Å². The highest BCUT2D eigenvalue weighted by molar-refractivity contribution is 9.10. The molecule has 0 aliphatic rings. The summed E-state index contributed by atoms with van der Waals surface area (Å²) in [7, 11) is 0. The Hall–Kier alpha value is -1.99. The van der Waals surface area contributed by atoms with E-state index >= 15 is 0 Å².